The van der Waals surface area contributed by atoms with E-state index in [0.717, 1.165) is 29.4 Å². The van der Waals surface area contributed by atoms with Gasteiger partial charge in [0.25, 0.3) is 0 Å². The van der Waals surface area contributed by atoms with Crippen LogP contribution in [0.15, 0.2) is 17.8 Å². The molecule has 0 aliphatic carbocycles. The molecule has 0 amide bonds. The van der Waals surface area contributed by atoms with E-state index >= 15 is 0 Å². The van der Waals surface area contributed by atoms with Crippen molar-refractivity contribution in [3.8, 4) is 0 Å². The average Bonchev–Trinajstić information content (AvgIpc) is 2.74. The first-order chi connectivity index (χ1) is 7.65. The Balaban J connectivity index is 1.91. The van der Waals surface area contributed by atoms with E-state index in [1.54, 1.807) is 11.3 Å². The number of hydrogen-bond donors (Lipinski definition) is 1. The lowest BCUT2D eigenvalue weighted by Gasteiger charge is -2.11. The van der Waals surface area contributed by atoms with Gasteiger partial charge in [0.1, 0.15) is 0 Å². The van der Waals surface area contributed by atoms with Gasteiger partial charge in [-0.3, -0.25) is 4.40 Å². The van der Waals surface area contributed by atoms with E-state index in [-0.39, 0.29) is 6.04 Å². The first kappa shape index (κ1) is 11.6. The maximum atomic E-state index is 6.10. The second-order valence-electron chi connectivity index (χ2n) is 4.76. The fourth-order valence-corrected chi connectivity index (χ4v) is 2.51. The molecule has 0 fully saturated rings. The zero-order chi connectivity index (χ0) is 11.5. The smallest absolute Gasteiger partial charge is 0.193 e. The Kier molecular flexibility index (Phi) is 3.61. The van der Waals surface area contributed by atoms with Gasteiger partial charge in [-0.15, -0.1) is 11.3 Å². The summed E-state index contributed by atoms with van der Waals surface area (Å²) in [6, 6.07) is 0.243. The van der Waals surface area contributed by atoms with Crippen LogP contribution in [-0.4, -0.2) is 15.4 Å². The Bertz CT molecular complexity index is 415. The van der Waals surface area contributed by atoms with Crippen LogP contribution in [0.5, 0.6) is 0 Å². The second kappa shape index (κ2) is 4.97. The van der Waals surface area contributed by atoms with Crippen molar-refractivity contribution < 1.29 is 0 Å². The quantitative estimate of drug-likeness (QED) is 0.869. The van der Waals surface area contributed by atoms with Crippen LogP contribution in [0, 0.1) is 5.92 Å². The van der Waals surface area contributed by atoms with E-state index in [9.17, 15) is 0 Å². The molecule has 4 heteroatoms. The standard InChI is InChI=1S/C12H19N3S/c1-9(2)3-4-10(13)7-11-8-15-5-6-16-12(15)14-11/h5-6,8-10H,3-4,7,13H2,1-2H3. The summed E-state index contributed by atoms with van der Waals surface area (Å²) < 4.78 is 2.06. The van der Waals surface area contributed by atoms with E-state index in [4.69, 9.17) is 5.73 Å². The third-order valence-electron chi connectivity index (χ3n) is 2.73. The monoisotopic (exact) mass is 237 g/mol. The summed E-state index contributed by atoms with van der Waals surface area (Å²) in [5.41, 5.74) is 7.21. The highest BCUT2D eigenvalue weighted by Crippen LogP contribution is 2.14. The van der Waals surface area contributed by atoms with Gasteiger partial charge in [-0.25, -0.2) is 4.98 Å². The number of thiazole rings is 1. The van der Waals surface area contributed by atoms with Gasteiger partial charge in [0.05, 0.1) is 5.69 Å². The summed E-state index contributed by atoms with van der Waals surface area (Å²) in [7, 11) is 0. The van der Waals surface area contributed by atoms with Crippen LogP contribution >= 0.6 is 11.3 Å². The molecule has 16 heavy (non-hydrogen) atoms. The van der Waals surface area contributed by atoms with Gasteiger partial charge in [-0.2, -0.15) is 0 Å². The molecule has 2 aromatic heterocycles. The Labute approximate surface area is 100 Å². The van der Waals surface area contributed by atoms with E-state index in [1.807, 2.05) is 11.6 Å². The third kappa shape index (κ3) is 2.83. The van der Waals surface area contributed by atoms with Crippen molar-refractivity contribution in [2.45, 2.75) is 39.2 Å². The highest BCUT2D eigenvalue weighted by molar-refractivity contribution is 7.15. The fourth-order valence-electron chi connectivity index (χ4n) is 1.79. The lowest BCUT2D eigenvalue weighted by atomic mass is 10.0. The number of rotatable bonds is 5. The second-order valence-corrected chi connectivity index (χ2v) is 5.63. The van der Waals surface area contributed by atoms with Crippen molar-refractivity contribution in [3.63, 3.8) is 0 Å². The molecule has 0 aliphatic rings. The molecular weight excluding hydrogens is 218 g/mol. The molecule has 0 bridgehead atoms. The minimum atomic E-state index is 0.243. The molecule has 0 spiro atoms. The van der Waals surface area contributed by atoms with E-state index in [2.05, 4.69) is 29.4 Å². The largest absolute Gasteiger partial charge is 0.327 e. The van der Waals surface area contributed by atoms with Crippen LogP contribution < -0.4 is 5.73 Å². The van der Waals surface area contributed by atoms with Gasteiger partial charge >= 0.3 is 0 Å². The molecule has 2 heterocycles. The van der Waals surface area contributed by atoms with Gasteiger partial charge in [0, 0.05) is 30.2 Å². The average molecular weight is 237 g/mol. The highest BCUT2D eigenvalue weighted by atomic mass is 32.1. The molecule has 2 aromatic rings. The maximum Gasteiger partial charge on any atom is 0.193 e. The molecule has 0 radical (unpaired) electrons. The van der Waals surface area contributed by atoms with Crippen molar-refractivity contribution in [1.82, 2.24) is 9.38 Å². The predicted octanol–water partition coefficient (Wildman–Crippen LogP) is 2.70. The lowest BCUT2D eigenvalue weighted by molar-refractivity contribution is 0.493. The van der Waals surface area contributed by atoms with Crippen LogP contribution in [0.1, 0.15) is 32.4 Å². The Morgan fingerprint density at radius 1 is 1.44 bits per heavy atom. The predicted molar refractivity (Wildman–Crippen MR) is 68.8 cm³/mol. The van der Waals surface area contributed by atoms with Gasteiger partial charge in [-0.05, 0) is 18.8 Å². The molecule has 88 valence electrons. The topological polar surface area (TPSA) is 43.3 Å². The normalized spacial score (nSPS) is 13.8. The number of hydrogen-bond acceptors (Lipinski definition) is 3. The summed E-state index contributed by atoms with van der Waals surface area (Å²) in [5.74, 6) is 0.733. The number of aromatic nitrogens is 2. The summed E-state index contributed by atoms with van der Waals surface area (Å²) in [6.07, 6.45) is 7.30. The van der Waals surface area contributed by atoms with Gasteiger partial charge < -0.3 is 5.73 Å². The highest BCUT2D eigenvalue weighted by Gasteiger charge is 2.09. The molecule has 2 rings (SSSR count). The molecule has 0 aliphatic heterocycles. The number of nitrogens with two attached hydrogens (primary N) is 1. The summed E-state index contributed by atoms with van der Waals surface area (Å²) in [6.45, 7) is 4.47. The summed E-state index contributed by atoms with van der Waals surface area (Å²) >= 11 is 1.66. The van der Waals surface area contributed by atoms with Gasteiger partial charge in [-0.1, -0.05) is 13.8 Å². The Morgan fingerprint density at radius 3 is 2.94 bits per heavy atom. The van der Waals surface area contributed by atoms with E-state index in [1.165, 1.54) is 6.42 Å². The zero-order valence-electron chi connectivity index (χ0n) is 9.89. The van der Waals surface area contributed by atoms with Crippen LogP contribution in [-0.2, 0) is 6.42 Å². The molecule has 0 saturated carbocycles. The molecule has 2 N–H and O–H groups in total. The van der Waals surface area contributed by atoms with Crippen LogP contribution in [0.25, 0.3) is 4.96 Å². The van der Waals surface area contributed by atoms with E-state index in [0.29, 0.717) is 0 Å². The number of imidazole rings is 1. The zero-order valence-corrected chi connectivity index (χ0v) is 10.7. The molecular formula is C12H19N3S. The maximum absolute atomic E-state index is 6.10. The van der Waals surface area contributed by atoms with Gasteiger partial charge in [0.15, 0.2) is 4.96 Å². The minimum absolute atomic E-state index is 0.243. The van der Waals surface area contributed by atoms with Gasteiger partial charge in [0.2, 0.25) is 0 Å². The van der Waals surface area contributed by atoms with Crippen molar-refractivity contribution in [1.29, 1.82) is 0 Å². The summed E-state index contributed by atoms with van der Waals surface area (Å²) in [5, 5.41) is 2.05. The third-order valence-corrected chi connectivity index (χ3v) is 3.50. The molecule has 1 atom stereocenters. The lowest BCUT2D eigenvalue weighted by Crippen LogP contribution is -2.23. The molecule has 0 aromatic carbocycles. The number of fused-ring (bicyclic) bond motifs is 1. The van der Waals surface area contributed by atoms with Crippen LogP contribution in [0.2, 0.25) is 0 Å². The first-order valence-electron chi connectivity index (χ1n) is 5.82. The first-order valence-corrected chi connectivity index (χ1v) is 6.70. The Hall–Kier alpha value is -0.870. The number of nitrogens with zero attached hydrogens (tertiary/aromatic N) is 2. The minimum Gasteiger partial charge on any atom is -0.327 e. The van der Waals surface area contributed by atoms with E-state index < -0.39 is 0 Å². The SMILES string of the molecule is CC(C)CCC(N)Cc1cn2ccsc2n1. The molecule has 1 unspecified atom stereocenters. The molecule has 0 saturated heterocycles. The van der Waals surface area contributed by atoms with Crippen LogP contribution in [0.4, 0.5) is 0 Å². The fraction of sp³-hybridized carbons (Fsp3) is 0.583. The van der Waals surface area contributed by atoms with Crippen molar-refractivity contribution >= 4 is 16.3 Å². The summed E-state index contributed by atoms with van der Waals surface area (Å²) in [4.78, 5) is 5.60. The van der Waals surface area contributed by atoms with Crippen molar-refractivity contribution in [2.24, 2.45) is 11.7 Å². The Morgan fingerprint density at radius 2 is 2.25 bits per heavy atom. The van der Waals surface area contributed by atoms with Crippen molar-refractivity contribution in [3.05, 3.63) is 23.5 Å². The molecule has 3 nitrogen and oxygen atoms in total. The van der Waals surface area contributed by atoms with Crippen LogP contribution in [0.3, 0.4) is 0 Å². The van der Waals surface area contributed by atoms with Crippen molar-refractivity contribution in [2.75, 3.05) is 0 Å².